The van der Waals surface area contributed by atoms with E-state index in [1.54, 1.807) is 0 Å². The molecular formula is C14H19FN2O3S. The number of sulfonamides is 1. The van der Waals surface area contributed by atoms with Crippen LogP contribution in [0.3, 0.4) is 0 Å². The van der Waals surface area contributed by atoms with Crippen molar-refractivity contribution in [2.75, 3.05) is 23.6 Å². The second kappa shape index (κ2) is 7.98. The van der Waals surface area contributed by atoms with Crippen LogP contribution in [0.5, 0.6) is 0 Å². The monoisotopic (exact) mass is 314 g/mol. The van der Waals surface area contributed by atoms with Crippen molar-refractivity contribution in [1.29, 1.82) is 0 Å². The number of ether oxygens (including phenoxy) is 1. The third kappa shape index (κ3) is 6.58. The van der Waals surface area contributed by atoms with E-state index >= 15 is 0 Å². The molecule has 0 aromatic heterocycles. The maximum absolute atomic E-state index is 13.2. The molecule has 0 aliphatic rings. The zero-order valence-electron chi connectivity index (χ0n) is 12.0. The van der Waals surface area contributed by atoms with Gasteiger partial charge in [-0.2, -0.15) is 0 Å². The van der Waals surface area contributed by atoms with E-state index in [1.807, 2.05) is 13.8 Å². The van der Waals surface area contributed by atoms with Gasteiger partial charge in [0.1, 0.15) is 5.82 Å². The molecule has 0 spiro atoms. The summed E-state index contributed by atoms with van der Waals surface area (Å²) >= 11 is 0. The molecule has 5 nitrogen and oxygen atoms in total. The Hall–Kier alpha value is -1.62. The quantitative estimate of drug-likeness (QED) is 0.776. The highest BCUT2D eigenvalue weighted by Crippen LogP contribution is 2.17. The van der Waals surface area contributed by atoms with E-state index in [0.717, 1.165) is 12.1 Å². The lowest BCUT2D eigenvalue weighted by Crippen LogP contribution is -2.22. The molecule has 0 amide bonds. The average Bonchev–Trinajstić information content (AvgIpc) is 2.38. The second-order valence-electron chi connectivity index (χ2n) is 4.54. The van der Waals surface area contributed by atoms with Crippen LogP contribution in [0.1, 0.15) is 19.4 Å². The Balaban J connectivity index is 2.86. The lowest BCUT2D eigenvalue weighted by Gasteiger charge is -2.11. The van der Waals surface area contributed by atoms with Gasteiger partial charge in [-0.3, -0.25) is 4.72 Å². The summed E-state index contributed by atoms with van der Waals surface area (Å²) in [6, 6.07) is 3.65. The van der Waals surface area contributed by atoms with Crippen LogP contribution in [0.4, 0.5) is 10.1 Å². The largest absolute Gasteiger partial charge is 0.378 e. The van der Waals surface area contributed by atoms with Gasteiger partial charge in [0.25, 0.3) is 0 Å². The van der Waals surface area contributed by atoms with Gasteiger partial charge < -0.3 is 10.5 Å². The maximum atomic E-state index is 13.2. The number of halogens is 1. The van der Waals surface area contributed by atoms with Gasteiger partial charge in [-0.1, -0.05) is 11.8 Å². The molecule has 1 aromatic carbocycles. The lowest BCUT2D eigenvalue weighted by atomic mass is 10.2. The van der Waals surface area contributed by atoms with Crippen molar-refractivity contribution in [2.45, 2.75) is 20.0 Å². The highest BCUT2D eigenvalue weighted by atomic mass is 32.2. The molecule has 3 N–H and O–H groups in total. The minimum absolute atomic E-state index is 0.0444. The fraction of sp³-hybridized carbons (Fsp3) is 0.429. The number of benzene rings is 1. The van der Waals surface area contributed by atoms with Crippen molar-refractivity contribution in [3.05, 3.63) is 29.6 Å². The molecule has 0 heterocycles. The number of hydrogen-bond acceptors (Lipinski definition) is 4. The van der Waals surface area contributed by atoms with E-state index in [0.29, 0.717) is 0 Å². The van der Waals surface area contributed by atoms with Gasteiger partial charge in [-0.15, -0.1) is 0 Å². The number of hydrogen-bond donors (Lipinski definition) is 2. The molecule has 21 heavy (non-hydrogen) atoms. The molecule has 0 bridgehead atoms. The fourth-order valence-electron chi connectivity index (χ4n) is 1.47. The highest BCUT2D eigenvalue weighted by Gasteiger charge is 2.13. The first-order valence-corrected chi connectivity index (χ1v) is 8.10. The van der Waals surface area contributed by atoms with E-state index in [4.69, 9.17) is 10.5 Å². The van der Waals surface area contributed by atoms with Crippen molar-refractivity contribution in [2.24, 2.45) is 5.73 Å². The Morgan fingerprint density at radius 1 is 1.43 bits per heavy atom. The third-order valence-corrected chi connectivity index (χ3v) is 3.61. The van der Waals surface area contributed by atoms with Crippen molar-refractivity contribution in [1.82, 2.24) is 0 Å². The first-order chi connectivity index (χ1) is 9.84. The summed E-state index contributed by atoms with van der Waals surface area (Å²) in [5.41, 5.74) is 5.73. The molecule has 116 valence electrons. The standard InChI is InChI=1S/C14H19FN2O3S/c1-11(2)20-8-9-21(18,19)17-14-6-5-13(15)10-12(14)4-3-7-16/h5-6,10-11,17H,7-9,16H2,1-2H3. The van der Waals surface area contributed by atoms with Gasteiger partial charge in [0.15, 0.2) is 0 Å². The summed E-state index contributed by atoms with van der Waals surface area (Å²) in [6.07, 6.45) is -0.0444. The minimum atomic E-state index is -3.59. The van der Waals surface area contributed by atoms with Crippen LogP contribution in [0.2, 0.25) is 0 Å². The minimum Gasteiger partial charge on any atom is -0.378 e. The smallest absolute Gasteiger partial charge is 0.235 e. The Morgan fingerprint density at radius 2 is 2.14 bits per heavy atom. The van der Waals surface area contributed by atoms with Gasteiger partial charge in [-0.25, -0.2) is 12.8 Å². The molecule has 1 rings (SSSR count). The first-order valence-electron chi connectivity index (χ1n) is 6.44. The third-order valence-electron chi connectivity index (χ3n) is 2.38. The Morgan fingerprint density at radius 3 is 2.76 bits per heavy atom. The molecule has 0 saturated heterocycles. The zero-order chi connectivity index (χ0) is 15.9. The topological polar surface area (TPSA) is 81.4 Å². The van der Waals surface area contributed by atoms with Gasteiger partial charge in [0.05, 0.1) is 36.3 Å². The Labute approximate surface area is 124 Å². The van der Waals surface area contributed by atoms with Crippen LogP contribution < -0.4 is 10.5 Å². The normalized spacial score (nSPS) is 11.1. The van der Waals surface area contributed by atoms with Crippen molar-refractivity contribution >= 4 is 15.7 Å². The van der Waals surface area contributed by atoms with E-state index < -0.39 is 15.8 Å². The van der Waals surface area contributed by atoms with Crippen molar-refractivity contribution in [3.8, 4) is 11.8 Å². The molecule has 0 saturated carbocycles. The molecule has 0 aliphatic carbocycles. The molecule has 0 aliphatic heterocycles. The molecule has 0 unspecified atom stereocenters. The van der Waals surface area contributed by atoms with Crippen molar-refractivity contribution in [3.63, 3.8) is 0 Å². The highest BCUT2D eigenvalue weighted by molar-refractivity contribution is 7.92. The molecule has 0 fully saturated rings. The SMILES string of the molecule is CC(C)OCCS(=O)(=O)Nc1ccc(F)cc1C#CCN. The van der Waals surface area contributed by atoms with Gasteiger partial charge in [0.2, 0.25) is 10.0 Å². The van der Waals surface area contributed by atoms with E-state index in [1.165, 1.54) is 6.07 Å². The van der Waals surface area contributed by atoms with Crippen LogP contribution in [0, 0.1) is 17.7 Å². The maximum Gasteiger partial charge on any atom is 0.235 e. The molecule has 7 heteroatoms. The Bertz CT molecular complexity index is 633. The number of nitrogens with one attached hydrogen (secondary N) is 1. The summed E-state index contributed by atoms with van der Waals surface area (Å²) < 4.78 is 44.7. The summed E-state index contributed by atoms with van der Waals surface area (Å²) in [4.78, 5) is 0. The predicted molar refractivity (Wildman–Crippen MR) is 80.8 cm³/mol. The predicted octanol–water partition coefficient (Wildman–Crippen LogP) is 1.30. The summed E-state index contributed by atoms with van der Waals surface area (Å²) in [6.45, 7) is 3.82. The summed E-state index contributed by atoms with van der Waals surface area (Å²) in [5, 5.41) is 0. The second-order valence-corrected chi connectivity index (χ2v) is 6.38. The number of nitrogens with two attached hydrogens (primary N) is 1. The Kier molecular flexibility index (Phi) is 6.62. The molecule has 0 radical (unpaired) electrons. The lowest BCUT2D eigenvalue weighted by molar-refractivity contribution is 0.0913. The van der Waals surface area contributed by atoms with Crippen molar-refractivity contribution < 1.29 is 17.5 Å². The zero-order valence-corrected chi connectivity index (χ0v) is 12.8. The van der Waals surface area contributed by atoms with Crippen LogP contribution >= 0.6 is 0 Å². The van der Waals surface area contributed by atoms with Gasteiger partial charge >= 0.3 is 0 Å². The van der Waals surface area contributed by atoms with Gasteiger partial charge in [0, 0.05) is 0 Å². The molecule has 0 atom stereocenters. The van der Waals surface area contributed by atoms with Crippen LogP contribution in [-0.4, -0.2) is 33.4 Å². The average molecular weight is 314 g/mol. The van der Waals surface area contributed by atoms with E-state index in [9.17, 15) is 12.8 Å². The van der Waals surface area contributed by atoms with Crippen LogP contribution in [0.15, 0.2) is 18.2 Å². The summed E-state index contributed by atoms with van der Waals surface area (Å²) in [7, 11) is -3.59. The summed E-state index contributed by atoms with van der Waals surface area (Å²) in [5.74, 6) is 4.52. The fourth-order valence-corrected chi connectivity index (χ4v) is 2.40. The van der Waals surface area contributed by atoms with Crippen LogP contribution in [0.25, 0.3) is 0 Å². The van der Waals surface area contributed by atoms with E-state index in [2.05, 4.69) is 16.6 Å². The molecule has 1 aromatic rings. The number of rotatable bonds is 6. The molecular weight excluding hydrogens is 295 g/mol. The first kappa shape index (κ1) is 17.4. The number of anilines is 1. The van der Waals surface area contributed by atoms with Gasteiger partial charge in [-0.05, 0) is 32.0 Å². The van der Waals surface area contributed by atoms with Crippen LogP contribution in [-0.2, 0) is 14.8 Å². The van der Waals surface area contributed by atoms with E-state index in [-0.39, 0.29) is 36.3 Å².